The molecule has 0 bridgehead atoms. The van der Waals surface area contributed by atoms with E-state index in [2.05, 4.69) is 25.3 Å². The Morgan fingerprint density at radius 2 is 2.41 bits per heavy atom. The van der Waals surface area contributed by atoms with Gasteiger partial charge in [-0.1, -0.05) is 5.16 Å². The predicted molar refractivity (Wildman–Crippen MR) is 57.0 cm³/mol. The highest BCUT2D eigenvalue weighted by Gasteiger charge is 2.39. The van der Waals surface area contributed by atoms with E-state index in [0.29, 0.717) is 24.0 Å². The molecule has 1 N–H and O–H groups in total. The lowest BCUT2D eigenvalue weighted by Gasteiger charge is -2.39. The number of methoxy groups -OCH3 is 1. The second kappa shape index (κ2) is 3.92. The molecule has 1 saturated carbocycles. The molecule has 1 aliphatic carbocycles. The minimum absolute atomic E-state index is 0.106. The molecule has 2 aromatic heterocycles. The third-order valence-corrected chi connectivity index (χ3v) is 3.27. The summed E-state index contributed by atoms with van der Waals surface area (Å²) in [5.74, 6) is 1.53. The Morgan fingerprint density at radius 1 is 1.53 bits per heavy atom. The van der Waals surface area contributed by atoms with Crippen LogP contribution in [0.5, 0.6) is 0 Å². The molecule has 7 nitrogen and oxygen atoms in total. The van der Waals surface area contributed by atoms with Crippen LogP contribution in [0.15, 0.2) is 10.9 Å². The monoisotopic (exact) mass is 235 g/mol. The van der Waals surface area contributed by atoms with Gasteiger partial charge in [0, 0.05) is 7.11 Å². The summed E-state index contributed by atoms with van der Waals surface area (Å²) in [6.45, 7) is 0. The Hall–Kier alpha value is -1.76. The first-order valence-corrected chi connectivity index (χ1v) is 5.55. The van der Waals surface area contributed by atoms with E-state index >= 15 is 0 Å². The van der Waals surface area contributed by atoms with E-state index in [4.69, 9.17) is 9.26 Å². The quantitative estimate of drug-likeness (QED) is 0.849. The summed E-state index contributed by atoms with van der Waals surface area (Å²) < 4.78 is 10.7. The summed E-state index contributed by atoms with van der Waals surface area (Å²) in [4.78, 5) is 8.24. The maximum atomic E-state index is 5.51. The second-order valence-electron chi connectivity index (χ2n) is 4.26. The van der Waals surface area contributed by atoms with Crippen LogP contribution in [0.3, 0.4) is 0 Å². The van der Waals surface area contributed by atoms with Crippen molar-refractivity contribution in [1.29, 1.82) is 0 Å². The van der Waals surface area contributed by atoms with Gasteiger partial charge in [0.1, 0.15) is 6.33 Å². The molecule has 7 heteroatoms. The van der Waals surface area contributed by atoms with Gasteiger partial charge in [0.15, 0.2) is 5.82 Å². The van der Waals surface area contributed by atoms with E-state index in [9.17, 15) is 0 Å². The molecule has 0 radical (unpaired) electrons. The van der Waals surface area contributed by atoms with Crippen LogP contribution in [-0.4, -0.2) is 38.0 Å². The number of hydrogen-bond donors (Lipinski definition) is 1. The van der Waals surface area contributed by atoms with E-state index in [-0.39, 0.29) is 5.60 Å². The van der Waals surface area contributed by atoms with Crippen molar-refractivity contribution in [3.63, 3.8) is 0 Å². The van der Waals surface area contributed by atoms with Gasteiger partial charge in [0.05, 0.1) is 12.0 Å². The summed E-state index contributed by atoms with van der Waals surface area (Å²) in [5, 5.41) is 10.3. The van der Waals surface area contributed by atoms with Crippen molar-refractivity contribution in [2.45, 2.75) is 31.3 Å². The molecule has 3 rings (SSSR count). The first-order chi connectivity index (χ1) is 8.31. The second-order valence-corrected chi connectivity index (χ2v) is 4.26. The first kappa shape index (κ1) is 10.4. The highest BCUT2D eigenvalue weighted by Crippen LogP contribution is 2.37. The molecule has 2 heterocycles. The van der Waals surface area contributed by atoms with Gasteiger partial charge in [-0.25, -0.2) is 4.98 Å². The maximum absolute atomic E-state index is 5.51. The van der Waals surface area contributed by atoms with Crippen LogP contribution < -0.4 is 0 Å². The molecule has 0 atom stereocenters. The lowest BCUT2D eigenvalue weighted by molar-refractivity contribution is -0.0751. The van der Waals surface area contributed by atoms with Crippen molar-refractivity contribution in [3.8, 4) is 11.6 Å². The maximum Gasteiger partial charge on any atom is 0.239 e. The Kier molecular flexibility index (Phi) is 2.40. The first-order valence-electron chi connectivity index (χ1n) is 5.55. The van der Waals surface area contributed by atoms with Crippen molar-refractivity contribution < 1.29 is 9.26 Å². The van der Waals surface area contributed by atoms with Gasteiger partial charge in [-0.05, 0) is 19.3 Å². The predicted octanol–water partition coefficient (Wildman–Crippen LogP) is 0.966. The number of nitrogens with one attached hydrogen (secondary N) is 1. The zero-order valence-corrected chi connectivity index (χ0v) is 9.51. The summed E-state index contributed by atoms with van der Waals surface area (Å²) in [7, 11) is 1.73. The zero-order valence-electron chi connectivity index (χ0n) is 9.51. The largest absolute Gasteiger partial charge is 0.378 e. The average Bonchev–Trinajstić information content (AvgIpc) is 2.94. The number of hydrogen-bond acceptors (Lipinski definition) is 6. The van der Waals surface area contributed by atoms with Gasteiger partial charge in [0.2, 0.25) is 11.7 Å². The molecular weight excluding hydrogens is 222 g/mol. The number of nitrogens with zero attached hydrogens (tertiary/aromatic N) is 4. The Balaban J connectivity index is 1.77. The lowest BCUT2D eigenvalue weighted by atomic mass is 9.77. The van der Waals surface area contributed by atoms with E-state index in [1.807, 2.05) is 0 Å². The number of ether oxygens (including phenoxy) is 1. The van der Waals surface area contributed by atoms with Gasteiger partial charge in [-0.15, -0.1) is 0 Å². The summed E-state index contributed by atoms with van der Waals surface area (Å²) >= 11 is 0. The van der Waals surface area contributed by atoms with Gasteiger partial charge >= 0.3 is 0 Å². The van der Waals surface area contributed by atoms with Crippen LogP contribution in [0, 0.1) is 0 Å². The molecule has 0 amide bonds. The minimum Gasteiger partial charge on any atom is -0.378 e. The molecule has 0 unspecified atom stereocenters. The van der Waals surface area contributed by atoms with Crippen LogP contribution in [0.4, 0.5) is 0 Å². The normalized spacial score (nSPS) is 17.9. The van der Waals surface area contributed by atoms with Crippen LogP contribution in [-0.2, 0) is 11.2 Å². The molecule has 0 aliphatic heterocycles. The fraction of sp³-hybridized carbons (Fsp3) is 0.600. The highest BCUT2D eigenvalue weighted by molar-refractivity contribution is 5.39. The van der Waals surface area contributed by atoms with Crippen LogP contribution in [0.2, 0.25) is 0 Å². The van der Waals surface area contributed by atoms with Crippen LogP contribution in [0.25, 0.3) is 11.6 Å². The Bertz CT molecular complexity index is 483. The third kappa shape index (κ3) is 1.82. The summed E-state index contributed by atoms with van der Waals surface area (Å²) in [5.41, 5.74) is -0.106. The number of rotatable bonds is 4. The summed E-state index contributed by atoms with van der Waals surface area (Å²) in [6, 6.07) is 0. The third-order valence-electron chi connectivity index (χ3n) is 3.27. The molecule has 0 saturated heterocycles. The number of H-pyrrole nitrogens is 1. The molecule has 1 aliphatic rings. The van der Waals surface area contributed by atoms with Crippen molar-refractivity contribution in [2.75, 3.05) is 7.11 Å². The van der Waals surface area contributed by atoms with E-state index in [1.54, 1.807) is 7.11 Å². The van der Waals surface area contributed by atoms with E-state index in [1.165, 1.54) is 12.7 Å². The topological polar surface area (TPSA) is 89.7 Å². The van der Waals surface area contributed by atoms with Crippen molar-refractivity contribution >= 4 is 0 Å². The van der Waals surface area contributed by atoms with Crippen LogP contribution >= 0.6 is 0 Å². The van der Waals surface area contributed by atoms with Crippen molar-refractivity contribution in [1.82, 2.24) is 25.3 Å². The minimum atomic E-state index is -0.106. The van der Waals surface area contributed by atoms with Crippen molar-refractivity contribution in [2.24, 2.45) is 0 Å². The summed E-state index contributed by atoms with van der Waals surface area (Å²) in [6.07, 6.45) is 5.35. The average molecular weight is 235 g/mol. The number of aromatic amines is 1. The Labute approximate surface area is 97.6 Å². The fourth-order valence-electron chi connectivity index (χ4n) is 2.04. The van der Waals surface area contributed by atoms with Gasteiger partial charge in [-0.3, -0.25) is 5.10 Å². The molecule has 90 valence electrons. The smallest absolute Gasteiger partial charge is 0.239 e. The van der Waals surface area contributed by atoms with Gasteiger partial charge in [0.25, 0.3) is 0 Å². The SMILES string of the molecule is COC1(Cc2nc(-c3ncn[nH]3)no2)CCC1. The molecule has 0 aromatic carbocycles. The highest BCUT2D eigenvalue weighted by atomic mass is 16.5. The zero-order chi connectivity index (χ0) is 11.7. The Morgan fingerprint density at radius 3 is 3.00 bits per heavy atom. The molecule has 0 spiro atoms. The van der Waals surface area contributed by atoms with E-state index in [0.717, 1.165) is 12.8 Å². The lowest BCUT2D eigenvalue weighted by Crippen LogP contribution is -2.41. The molecular formula is C10H13N5O2. The van der Waals surface area contributed by atoms with E-state index < -0.39 is 0 Å². The van der Waals surface area contributed by atoms with Gasteiger partial charge in [-0.2, -0.15) is 10.1 Å². The van der Waals surface area contributed by atoms with Crippen molar-refractivity contribution in [3.05, 3.63) is 12.2 Å². The molecule has 2 aromatic rings. The van der Waals surface area contributed by atoms with Crippen LogP contribution in [0.1, 0.15) is 25.2 Å². The number of aromatic nitrogens is 5. The molecule has 1 fully saturated rings. The molecule has 17 heavy (non-hydrogen) atoms. The standard InChI is InChI=1S/C10H13N5O2/c1-16-10(3-2-4-10)5-7-13-9(15-17-7)8-11-6-12-14-8/h6H,2-5H2,1H3,(H,11,12,14). The van der Waals surface area contributed by atoms with Gasteiger partial charge < -0.3 is 9.26 Å². The fourth-order valence-corrected chi connectivity index (χ4v) is 2.04.